The molecule has 3 aromatic carbocycles. The number of hydrogen-bond acceptors (Lipinski definition) is 2. The van der Waals surface area contributed by atoms with Gasteiger partial charge in [0.05, 0.1) is 0 Å². The Bertz CT molecular complexity index is 1130. The standard InChI is InChI=1S/C25H24ClN3O2/c1-16-8-11-21(14-22(16)26)28-25(31)27-15-18-9-10-20-12-17(2)29(23(20)13-18)24(30)19-6-4-3-5-7-19/h3-11,13-14,17H,12,15H2,1-2H3,(H2,27,28,31). The highest BCUT2D eigenvalue weighted by Gasteiger charge is 2.31. The highest BCUT2D eigenvalue weighted by Crippen LogP contribution is 2.34. The Kier molecular flexibility index (Phi) is 5.96. The third kappa shape index (κ3) is 4.57. The predicted molar refractivity (Wildman–Crippen MR) is 125 cm³/mol. The fourth-order valence-electron chi connectivity index (χ4n) is 3.82. The van der Waals surface area contributed by atoms with Crippen molar-refractivity contribution >= 4 is 34.9 Å². The van der Waals surface area contributed by atoms with Crippen LogP contribution in [0.1, 0.15) is 34.0 Å². The SMILES string of the molecule is Cc1ccc(NC(=O)NCc2ccc3c(c2)N(C(=O)c2ccccc2)C(C)C3)cc1Cl. The molecule has 0 spiro atoms. The van der Waals surface area contributed by atoms with E-state index < -0.39 is 0 Å². The fraction of sp³-hybridized carbons (Fsp3) is 0.200. The van der Waals surface area contributed by atoms with Crippen molar-refractivity contribution in [3.05, 3.63) is 94.0 Å². The summed E-state index contributed by atoms with van der Waals surface area (Å²) < 4.78 is 0. The molecule has 3 amide bonds. The maximum atomic E-state index is 13.1. The van der Waals surface area contributed by atoms with Gasteiger partial charge in [-0.3, -0.25) is 4.79 Å². The highest BCUT2D eigenvalue weighted by molar-refractivity contribution is 6.31. The Balaban J connectivity index is 1.45. The molecule has 0 aliphatic carbocycles. The lowest BCUT2D eigenvalue weighted by Crippen LogP contribution is -2.35. The van der Waals surface area contributed by atoms with Crippen LogP contribution in [0.15, 0.2) is 66.7 Å². The second-order valence-electron chi connectivity index (χ2n) is 7.83. The summed E-state index contributed by atoms with van der Waals surface area (Å²) in [5, 5.41) is 6.26. The van der Waals surface area contributed by atoms with Crippen LogP contribution < -0.4 is 15.5 Å². The van der Waals surface area contributed by atoms with Gasteiger partial charge < -0.3 is 15.5 Å². The molecule has 0 saturated carbocycles. The number of nitrogens with zero attached hydrogens (tertiary/aromatic N) is 1. The van der Waals surface area contributed by atoms with Crippen LogP contribution in [-0.4, -0.2) is 18.0 Å². The molecule has 158 valence electrons. The number of carbonyl (C=O) groups excluding carboxylic acids is 2. The topological polar surface area (TPSA) is 61.4 Å². The molecule has 2 N–H and O–H groups in total. The maximum absolute atomic E-state index is 13.1. The first-order valence-electron chi connectivity index (χ1n) is 10.2. The molecule has 31 heavy (non-hydrogen) atoms. The van der Waals surface area contributed by atoms with Gasteiger partial charge in [0.2, 0.25) is 0 Å². The number of anilines is 2. The van der Waals surface area contributed by atoms with Crippen molar-refractivity contribution in [2.24, 2.45) is 0 Å². The zero-order valence-corrected chi connectivity index (χ0v) is 18.2. The Hall–Kier alpha value is -3.31. The van der Waals surface area contributed by atoms with Gasteiger partial charge in [-0.1, -0.05) is 48.0 Å². The average Bonchev–Trinajstić information content (AvgIpc) is 3.10. The van der Waals surface area contributed by atoms with Gasteiger partial charge in [-0.15, -0.1) is 0 Å². The molecule has 1 unspecified atom stereocenters. The predicted octanol–water partition coefficient (Wildman–Crippen LogP) is 5.56. The Morgan fingerprint density at radius 1 is 1.06 bits per heavy atom. The van der Waals surface area contributed by atoms with Crippen molar-refractivity contribution in [2.45, 2.75) is 32.9 Å². The molecule has 6 heteroatoms. The van der Waals surface area contributed by atoms with E-state index in [1.165, 1.54) is 0 Å². The van der Waals surface area contributed by atoms with Crippen molar-refractivity contribution in [1.82, 2.24) is 5.32 Å². The summed E-state index contributed by atoms with van der Waals surface area (Å²) in [6.45, 7) is 4.31. The minimum Gasteiger partial charge on any atom is -0.334 e. The molecule has 0 saturated heterocycles. The van der Waals surface area contributed by atoms with Crippen LogP contribution in [0, 0.1) is 6.92 Å². The third-order valence-corrected chi connectivity index (χ3v) is 5.89. The van der Waals surface area contributed by atoms with E-state index >= 15 is 0 Å². The molecule has 4 rings (SSSR count). The molecule has 1 atom stereocenters. The molecule has 1 heterocycles. The van der Waals surface area contributed by atoms with Crippen molar-refractivity contribution < 1.29 is 9.59 Å². The molecule has 5 nitrogen and oxygen atoms in total. The van der Waals surface area contributed by atoms with E-state index in [4.69, 9.17) is 11.6 Å². The van der Waals surface area contributed by atoms with E-state index in [2.05, 4.69) is 17.6 Å². The van der Waals surface area contributed by atoms with Crippen molar-refractivity contribution in [2.75, 3.05) is 10.2 Å². The molecule has 0 bridgehead atoms. The smallest absolute Gasteiger partial charge is 0.319 e. The monoisotopic (exact) mass is 433 g/mol. The first-order chi connectivity index (χ1) is 14.9. The molecule has 0 radical (unpaired) electrons. The second-order valence-corrected chi connectivity index (χ2v) is 8.24. The van der Waals surface area contributed by atoms with Crippen LogP contribution in [0.4, 0.5) is 16.2 Å². The lowest BCUT2D eigenvalue weighted by Gasteiger charge is -2.23. The van der Waals surface area contributed by atoms with Gasteiger partial charge in [0.25, 0.3) is 5.91 Å². The van der Waals surface area contributed by atoms with Crippen molar-refractivity contribution in [3.8, 4) is 0 Å². The Morgan fingerprint density at radius 3 is 2.58 bits per heavy atom. The second kappa shape index (κ2) is 8.82. The molecular weight excluding hydrogens is 410 g/mol. The number of amides is 3. The number of urea groups is 1. The molecule has 1 aliphatic heterocycles. The number of aryl methyl sites for hydroxylation is 1. The van der Waals surface area contributed by atoms with Gasteiger partial charge in [0.1, 0.15) is 0 Å². The van der Waals surface area contributed by atoms with Gasteiger partial charge in [-0.2, -0.15) is 0 Å². The van der Waals surface area contributed by atoms with E-state index in [1.54, 1.807) is 6.07 Å². The van der Waals surface area contributed by atoms with Crippen LogP contribution in [0.5, 0.6) is 0 Å². The van der Waals surface area contributed by atoms with E-state index in [9.17, 15) is 9.59 Å². The number of fused-ring (bicyclic) bond motifs is 1. The van der Waals surface area contributed by atoms with Gasteiger partial charge >= 0.3 is 6.03 Å². The zero-order valence-electron chi connectivity index (χ0n) is 17.5. The van der Waals surface area contributed by atoms with Crippen LogP contribution in [-0.2, 0) is 13.0 Å². The minimum absolute atomic E-state index is 0.00838. The zero-order chi connectivity index (χ0) is 22.0. The Morgan fingerprint density at radius 2 is 1.84 bits per heavy atom. The number of rotatable bonds is 4. The molecule has 3 aromatic rings. The average molecular weight is 434 g/mol. The lowest BCUT2D eigenvalue weighted by molar-refractivity contribution is 0.0981. The molecule has 0 fully saturated rings. The molecule has 1 aliphatic rings. The van der Waals surface area contributed by atoms with E-state index in [-0.39, 0.29) is 18.0 Å². The van der Waals surface area contributed by atoms with Crippen molar-refractivity contribution in [3.63, 3.8) is 0 Å². The van der Waals surface area contributed by atoms with Gasteiger partial charge in [-0.05, 0) is 67.3 Å². The third-order valence-electron chi connectivity index (χ3n) is 5.49. The highest BCUT2D eigenvalue weighted by atomic mass is 35.5. The largest absolute Gasteiger partial charge is 0.334 e. The number of halogens is 1. The summed E-state index contributed by atoms with van der Waals surface area (Å²) in [5.74, 6) is -0.00838. The summed E-state index contributed by atoms with van der Waals surface area (Å²) >= 11 is 6.12. The maximum Gasteiger partial charge on any atom is 0.319 e. The summed E-state index contributed by atoms with van der Waals surface area (Å²) in [6, 6.07) is 20.5. The van der Waals surface area contributed by atoms with E-state index in [0.29, 0.717) is 22.8 Å². The lowest BCUT2D eigenvalue weighted by atomic mass is 10.1. The number of hydrogen-bond donors (Lipinski definition) is 2. The number of carbonyl (C=O) groups is 2. The molecular formula is C25H24ClN3O2. The number of nitrogens with one attached hydrogen (secondary N) is 2. The summed E-state index contributed by atoms with van der Waals surface area (Å²) in [7, 11) is 0. The first kappa shape index (κ1) is 20.9. The van der Waals surface area contributed by atoms with Gasteiger partial charge in [-0.25, -0.2) is 4.79 Å². The van der Waals surface area contributed by atoms with E-state index in [0.717, 1.165) is 28.8 Å². The van der Waals surface area contributed by atoms with Gasteiger partial charge in [0, 0.05) is 34.5 Å². The van der Waals surface area contributed by atoms with Gasteiger partial charge in [0.15, 0.2) is 0 Å². The fourth-order valence-corrected chi connectivity index (χ4v) is 4.00. The van der Waals surface area contributed by atoms with Crippen LogP contribution in [0.25, 0.3) is 0 Å². The number of benzene rings is 3. The quantitative estimate of drug-likeness (QED) is 0.565. The normalized spacial score (nSPS) is 14.8. The summed E-state index contributed by atoms with van der Waals surface area (Å²) in [4.78, 5) is 27.2. The van der Waals surface area contributed by atoms with Crippen LogP contribution >= 0.6 is 11.6 Å². The van der Waals surface area contributed by atoms with Crippen LogP contribution in [0.3, 0.4) is 0 Å². The van der Waals surface area contributed by atoms with Crippen LogP contribution in [0.2, 0.25) is 5.02 Å². The summed E-state index contributed by atoms with van der Waals surface area (Å²) in [6.07, 6.45) is 0.816. The Labute approximate surface area is 187 Å². The van der Waals surface area contributed by atoms with Crippen molar-refractivity contribution in [1.29, 1.82) is 0 Å². The summed E-state index contributed by atoms with van der Waals surface area (Å²) in [5.41, 5.74) is 5.23. The van der Waals surface area contributed by atoms with E-state index in [1.807, 2.05) is 72.5 Å². The molecule has 0 aromatic heterocycles. The first-order valence-corrected chi connectivity index (χ1v) is 10.6. The minimum atomic E-state index is -0.314.